The van der Waals surface area contributed by atoms with Crippen molar-refractivity contribution in [3.05, 3.63) is 57.8 Å². The number of halogens is 2. The molecule has 0 radical (unpaired) electrons. The zero-order chi connectivity index (χ0) is 25.9. The summed E-state index contributed by atoms with van der Waals surface area (Å²) in [5.74, 6) is -5.76. The molecule has 0 bridgehead atoms. The van der Waals surface area contributed by atoms with Crippen LogP contribution in [0.4, 0.5) is 8.78 Å². The molecule has 188 valence electrons. The van der Waals surface area contributed by atoms with Gasteiger partial charge in [-0.2, -0.15) is 0 Å². The first-order valence-corrected chi connectivity index (χ1v) is 10.9. The first-order valence-electron chi connectivity index (χ1n) is 10.0. The maximum absolute atomic E-state index is 13.8. The molecular formula is C22H28F2N2O7S. The largest absolute Gasteiger partial charge is 0.481 e. The second kappa shape index (κ2) is 13.7. The van der Waals surface area contributed by atoms with Crippen LogP contribution < -0.4 is 0 Å². The van der Waals surface area contributed by atoms with E-state index in [-0.39, 0.29) is 5.82 Å². The molecule has 0 saturated heterocycles. The van der Waals surface area contributed by atoms with Crippen molar-refractivity contribution in [2.45, 2.75) is 31.5 Å². The first-order chi connectivity index (χ1) is 15.8. The molecule has 0 aliphatic heterocycles. The molecule has 34 heavy (non-hydrogen) atoms. The Kier molecular flexibility index (Phi) is 11.7. The minimum Gasteiger partial charge on any atom is -0.481 e. The number of rotatable bonds is 12. The van der Waals surface area contributed by atoms with E-state index in [9.17, 15) is 23.2 Å². The summed E-state index contributed by atoms with van der Waals surface area (Å²) in [6.45, 7) is 2.85. The fourth-order valence-electron chi connectivity index (χ4n) is 2.80. The summed E-state index contributed by atoms with van der Waals surface area (Å²) in [4.78, 5) is 35.9. The molecule has 0 amide bonds. The highest BCUT2D eigenvalue weighted by Gasteiger charge is 2.40. The van der Waals surface area contributed by atoms with E-state index in [1.54, 1.807) is 11.3 Å². The average Bonchev–Trinajstić information content (AvgIpc) is 3.21. The number of carboxylic acid groups (broad SMARTS) is 3. The summed E-state index contributed by atoms with van der Waals surface area (Å²) >= 11 is 1.68. The number of likely N-dealkylation sites (N-methyl/N-ethyl adjacent to an activating group) is 1. The zero-order valence-corrected chi connectivity index (χ0v) is 19.6. The van der Waals surface area contributed by atoms with Gasteiger partial charge in [0.25, 0.3) is 0 Å². The van der Waals surface area contributed by atoms with E-state index in [2.05, 4.69) is 15.9 Å². The molecule has 4 N–H and O–H groups in total. The number of nitrogens with zero attached hydrogens (tertiary/aromatic N) is 2. The second-order valence-corrected chi connectivity index (χ2v) is 8.84. The standard InChI is InChI=1S/C16H20F2N2S.C6H8O7/c1-19(2)7-8-20(12-15-4-3-9-21-15)11-13-10-14(17)5-6-16(13)18;7-3(8)1-6(13,5(11)12)2-4(9)10/h3-6,9-10H,7-8,11-12H2,1-2H3;13H,1-2H2,(H,7,8)(H,9,10)(H,11,12). The molecule has 1 heterocycles. The lowest BCUT2D eigenvalue weighted by Gasteiger charge is -2.24. The predicted octanol–water partition coefficient (Wildman–Crippen LogP) is 2.34. The van der Waals surface area contributed by atoms with Crippen molar-refractivity contribution in [1.29, 1.82) is 0 Å². The third kappa shape index (κ3) is 10.8. The summed E-state index contributed by atoms with van der Waals surface area (Å²) in [6.07, 6.45) is -2.29. The molecule has 12 heteroatoms. The number of hydrogen-bond donors (Lipinski definition) is 4. The Balaban J connectivity index is 0.000000385. The van der Waals surface area contributed by atoms with Gasteiger partial charge in [-0.15, -0.1) is 11.3 Å². The molecule has 2 rings (SSSR count). The maximum atomic E-state index is 13.8. The highest BCUT2D eigenvalue weighted by Crippen LogP contribution is 2.17. The molecule has 0 unspecified atom stereocenters. The molecule has 0 spiro atoms. The smallest absolute Gasteiger partial charge is 0.336 e. The minimum atomic E-state index is -2.74. The monoisotopic (exact) mass is 502 g/mol. The normalized spacial score (nSPS) is 11.3. The summed E-state index contributed by atoms with van der Waals surface area (Å²) < 4.78 is 27.1. The second-order valence-electron chi connectivity index (χ2n) is 7.81. The van der Waals surface area contributed by atoms with Gasteiger partial charge in [-0.05, 0) is 43.7 Å². The van der Waals surface area contributed by atoms with Crippen LogP contribution in [0.2, 0.25) is 0 Å². The molecule has 1 aromatic heterocycles. The topological polar surface area (TPSA) is 139 Å². The van der Waals surface area contributed by atoms with E-state index >= 15 is 0 Å². The van der Waals surface area contributed by atoms with Crippen LogP contribution in [0.5, 0.6) is 0 Å². The molecule has 0 aliphatic carbocycles. The van der Waals surface area contributed by atoms with E-state index < -0.39 is 42.2 Å². The van der Waals surface area contributed by atoms with Crippen LogP contribution in [0, 0.1) is 11.6 Å². The Hall–Kier alpha value is -2.93. The molecule has 9 nitrogen and oxygen atoms in total. The summed E-state index contributed by atoms with van der Waals surface area (Å²) in [5, 5.41) is 35.8. The summed E-state index contributed by atoms with van der Waals surface area (Å²) in [6, 6.07) is 7.71. The van der Waals surface area contributed by atoms with E-state index in [1.807, 2.05) is 25.5 Å². The molecule has 0 atom stereocenters. The van der Waals surface area contributed by atoms with Crippen molar-refractivity contribution in [2.75, 3.05) is 27.2 Å². The van der Waals surface area contributed by atoms with Crippen LogP contribution in [0.3, 0.4) is 0 Å². The Morgan fingerprint density at radius 2 is 1.59 bits per heavy atom. The third-order valence-electron chi connectivity index (χ3n) is 4.51. The maximum Gasteiger partial charge on any atom is 0.336 e. The lowest BCUT2D eigenvalue weighted by Crippen LogP contribution is -2.42. The first kappa shape index (κ1) is 29.1. The minimum absolute atomic E-state index is 0.350. The van der Waals surface area contributed by atoms with Gasteiger partial charge in [0.15, 0.2) is 5.60 Å². The van der Waals surface area contributed by atoms with Gasteiger partial charge in [-0.25, -0.2) is 13.6 Å². The lowest BCUT2D eigenvalue weighted by atomic mass is 9.96. The molecule has 0 fully saturated rings. The number of thiophene rings is 1. The van der Waals surface area contributed by atoms with Crippen molar-refractivity contribution >= 4 is 29.2 Å². The Morgan fingerprint density at radius 3 is 2.06 bits per heavy atom. The van der Waals surface area contributed by atoms with Gasteiger partial charge in [0, 0.05) is 36.6 Å². The van der Waals surface area contributed by atoms with E-state index in [4.69, 9.17) is 20.4 Å². The van der Waals surface area contributed by atoms with Crippen molar-refractivity contribution in [3.63, 3.8) is 0 Å². The number of benzene rings is 1. The van der Waals surface area contributed by atoms with E-state index in [1.165, 1.54) is 17.0 Å². The molecular weight excluding hydrogens is 474 g/mol. The highest BCUT2D eigenvalue weighted by molar-refractivity contribution is 7.09. The number of carboxylic acids is 3. The number of aliphatic hydroxyl groups is 1. The van der Waals surface area contributed by atoms with Gasteiger partial charge >= 0.3 is 17.9 Å². The molecule has 2 aromatic rings. The zero-order valence-electron chi connectivity index (χ0n) is 18.8. The van der Waals surface area contributed by atoms with Gasteiger partial charge in [0.2, 0.25) is 0 Å². The van der Waals surface area contributed by atoms with Crippen molar-refractivity contribution < 1.29 is 43.6 Å². The van der Waals surface area contributed by atoms with Gasteiger partial charge in [0.05, 0.1) is 12.8 Å². The van der Waals surface area contributed by atoms with Crippen LogP contribution in [-0.4, -0.2) is 80.9 Å². The quantitative estimate of drug-likeness (QED) is 0.344. The van der Waals surface area contributed by atoms with Crippen LogP contribution in [0.1, 0.15) is 23.3 Å². The third-order valence-corrected chi connectivity index (χ3v) is 5.37. The fourth-order valence-corrected chi connectivity index (χ4v) is 3.54. The van der Waals surface area contributed by atoms with Crippen LogP contribution >= 0.6 is 11.3 Å². The molecule has 0 saturated carbocycles. The highest BCUT2D eigenvalue weighted by atomic mass is 32.1. The van der Waals surface area contributed by atoms with Gasteiger partial charge in [0.1, 0.15) is 11.6 Å². The summed E-state index contributed by atoms with van der Waals surface area (Å²) in [7, 11) is 4.01. The SMILES string of the molecule is CN(C)CCN(Cc1cccs1)Cc1cc(F)ccc1F.O=C(O)CC(O)(CC(=O)O)C(=O)O. The van der Waals surface area contributed by atoms with Crippen LogP contribution in [-0.2, 0) is 27.5 Å². The Bertz CT molecular complexity index is 939. The molecule has 1 aromatic carbocycles. The number of aliphatic carboxylic acids is 3. The number of hydrogen-bond acceptors (Lipinski definition) is 7. The average molecular weight is 503 g/mol. The van der Waals surface area contributed by atoms with Gasteiger partial charge < -0.3 is 25.3 Å². The van der Waals surface area contributed by atoms with Crippen molar-refractivity contribution in [2.24, 2.45) is 0 Å². The fraction of sp³-hybridized carbons (Fsp3) is 0.409. The Morgan fingerprint density at radius 1 is 0.971 bits per heavy atom. The predicted molar refractivity (Wildman–Crippen MR) is 120 cm³/mol. The van der Waals surface area contributed by atoms with Gasteiger partial charge in [-0.1, -0.05) is 6.07 Å². The summed E-state index contributed by atoms with van der Waals surface area (Å²) in [5.41, 5.74) is -2.33. The van der Waals surface area contributed by atoms with Crippen LogP contribution in [0.25, 0.3) is 0 Å². The molecule has 0 aliphatic rings. The van der Waals surface area contributed by atoms with Crippen LogP contribution in [0.15, 0.2) is 35.7 Å². The number of carbonyl (C=O) groups is 3. The van der Waals surface area contributed by atoms with E-state index in [0.29, 0.717) is 12.1 Å². The van der Waals surface area contributed by atoms with Crippen molar-refractivity contribution in [1.82, 2.24) is 9.80 Å². The van der Waals surface area contributed by atoms with Crippen molar-refractivity contribution in [3.8, 4) is 0 Å². The van der Waals surface area contributed by atoms with Gasteiger partial charge in [-0.3, -0.25) is 14.5 Å². The lowest BCUT2D eigenvalue weighted by molar-refractivity contribution is -0.170. The Labute approximate surface area is 199 Å². The van der Waals surface area contributed by atoms with E-state index in [0.717, 1.165) is 25.7 Å².